The van der Waals surface area contributed by atoms with Crippen molar-refractivity contribution in [2.45, 2.75) is 59.8 Å². The second kappa shape index (κ2) is 5.50. The molecule has 5 rings (SSSR count). The Labute approximate surface area is 170 Å². The molecule has 28 heavy (non-hydrogen) atoms. The SMILES string of the molecule is CC(C)(C)C1=CC2C(=C1)C(C)(C)CC2(C)c1cccc2c1Cc1ccccc1-2. The van der Waals surface area contributed by atoms with Gasteiger partial charge in [0, 0.05) is 11.3 Å². The average Bonchev–Trinajstić information content (AvgIpc) is 3.27. The molecule has 144 valence electrons. The minimum Gasteiger partial charge on any atom is -0.0727 e. The molecule has 2 aromatic carbocycles. The Morgan fingerprint density at radius 3 is 2.36 bits per heavy atom. The monoisotopic (exact) mass is 368 g/mol. The molecule has 2 atom stereocenters. The van der Waals surface area contributed by atoms with E-state index in [0.717, 1.165) is 6.42 Å². The van der Waals surface area contributed by atoms with Crippen LogP contribution in [0.5, 0.6) is 0 Å². The number of hydrogen-bond donors (Lipinski definition) is 0. The lowest BCUT2D eigenvalue weighted by molar-refractivity contribution is 0.355. The fourth-order valence-electron chi connectivity index (χ4n) is 6.27. The van der Waals surface area contributed by atoms with Crippen molar-refractivity contribution < 1.29 is 0 Å². The van der Waals surface area contributed by atoms with E-state index in [1.807, 2.05) is 0 Å². The van der Waals surface area contributed by atoms with Gasteiger partial charge in [-0.15, -0.1) is 0 Å². The van der Waals surface area contributed by atoms with Gasteiger partial charge in [-0.25, -0.2) is 0 Å². The lowest BCUT2D eigenvalue weighted by Crippen LogP contribution is -2.28. The van der Waals surface area contributed by atoms with Crippen LogP contribution in [-0.4, -0.2) is 0 Å². The van der Waals surface area contributed by atoms with E-state index >= 15 is 0 Å². The summed E-state index contributed by atoms with van der Waals surface area (Å²) < 4.78 is 0. The summed E-state index contributed by atoms with van der Waals surface area (Å²) >= 11 is 0. The van der Waals surface area contributed by atoms with Crippen LogP contribution < -0.4 is 0 Å². The zero-order valence-corrected chi connectivity index (χ0v) is 18.2. The molecule has 0 aromatic heterocycles. The van der Waals surface area contributed by atoms with Gasteiger partial charge in [0.1, 0.15) is 0 Å². The maximum Gasteiger partial charge on any atom is 0.00861 e. The van der Waals surface area contributed by atoms with Crippen molar-refractivity contribution in [3.8, 4) is 11.1 Å². The summed E-state index contributed by atoms with van der Waals surface area (Å²) in [5.74, 6) is 0.520. The van der Waals surface area contributed by atoms with Gasteiger partial charge in [0.2, 0.25) is 0 Å². The summed E-state index contributed by atoms with van der Waals surface area (Å²) in [5.41, 5.74) is 11.3. The van der Waals surface area contributed by atoms with Crippen LogP contribution in [0.15, 0.2) is 65.8 Å². The Morgan fingerprint density at radius 2 is 1.61 bits per heavy atom. The summed E-state index contributed by atoms with van der Waals surface area (Å²) in [6.45, 7) is 14.5. The van der Waals surface area contributed by atoms with Crippen LogP contribution in [0.25, 0.3) is 11.1 Å². The molecule has 0 amide bonds. The van der Waals surface area contributed by atoms with Crippen LogP contribution in [0.3, 0.4) is 0 Å². The van der Waals surface area contributed by atoms with Gasteiger partial charge in [-0.05, 0) is 57.1 Å². The quantitative estimate of drug-likeness (QED) is 0.418. The van der Waals surface area contributed by atoms with Crippen molar-refractivity contribution >= 4 is 0 Å². The van der Waals surface area contributed by atoms with Gasteiger partial charge in [-0.3, -0.25) is 0 Å². The van der Waals surface area contributed by atoms with Gasteiger partial charge >= 0.3 is 0 Å². The Kier molecular flexibility index (Phi) is 3.53. The molecule has 0 aliphatic heterocycles. The molecule has 2 unspecified atom stereocenters. The molecule has 0 nitrogen and oxygen atoms in total. The molecule has 0 radical (unpaired) electrons. The first kappa shape index (κ1) is 18.0. The summed E-state index contributed by atoms with van der Waals surface area (Å²) in [5, 5.41) is 0. The highest BCUT2D eigenvalue weighted by molar-refractivity contribution is 5.78. The van der Waals surface area contributed by atoms with Crippen molar-refractivity contribution in [1.29, 1.82) is 0 Å². The summed E-state index contributed by atoms with van der Waals surface area (Å²) in [6, 6.07) is 16.0. The minimum absolute atomic E-state index is 0.162. The first-order valence-corrected chi connectivity index (χ1v) is 10.8. The van der Waals surface area contributed by atoms with Gasteiger partial charge in [0.15, 0.2) is 0 Å². The zero-order chi connectivity index (χ0) is 19.9. The van der Waals surface area contributed by atoms with E-state index in [-0.39, 0.29) is 16.2 Å². The van der Waals surface area contributed by atoms with Gasteiger partial charge in [0.25, 0.3) is 0 Å². The Balaban J connectivity index is 1.67. The van der Waals surface area contributed by atoms with Crippen LogP contribution in [0.2, 0.25) is 0 Å². The Hall–Kier alpha value is -2.08. The fourth-order valence-corrected chi connectivity index (χ4v) is 6.27. The van der Waals surface area contributed by atoms with Crippen molar-refractivity contribution in [3.63, 3.8) is 0 Å². The molecular formula is C28H32. The third-order valence-electron chi connectivity index (χ3n) is 7.60. The predicted molar refractivity (Wildman–Crippen MR) is 120 cm³/mol. The van der Waals surface area contributed by atoms with Crippen molar-refractivity contribution in [1.82, 2.24) is 0 Å². The van der Waals surface area contributed by atoms with Gasteiger partial charge in [-0.2, -0.15) is 0 Å². The molecule has 3 aliphatic carbocycles. The van der Waals surface area contributed by atoms with Crippen molar-refractivity contribution in [3.05, 3.63) is 82.5 Å². The number of allylic oxidation sites excluding steroid dienone is 4. The summed E-state index contributed by atoms with van der Waals surface area (Å²) in [4.78, 5) is 0. The minimum atomic E-state index is 0.162. The second-order valence-electron chi connectivity index (χ2n) is 11.1. The molecule has 0 spiro atoms. The van der Waals surface area contributed by atoms with Gasteiger partial charge in [-0.1, -0.05) is 102 Å². The number of rotatable bonds is 1. The topological polar surface area (TPSA) is 0 Å². The molecule has 3 aliphatic rings. The highest BCUT2D eigenvalue weighted by Crippen LogP contribution is 2.62. The highest BCUT2D eigenvalue weighted by Gasteiger charge is 2.54. The molecule has 0 saturated heterocycles. The molecule has 0 heterocycles. The first-order chi connectivity index (χ1) is 13.1. The van der Waals surface area contributed by atoms with Gasteiger partial charge < -0.3 is 0 Å². The normalized spacial score (nSPS) is 27.1. The Morgan fingerprint density at radius 1 is 0.893 bits per heavy atom. The summed E-state index contributed by atoms with van der Waals surface area (Å²) in [7, 11) is 0. The number of fused-ring (bicyclic) bond motifs is 4. The van der Waals surface area contributed by atoms with Crippen LogP contribution in [0.1, 0.15) is 64.7 Å². The molecule has 1 fully saturated rings. The van der Waals surface area contributed by atoms with Crippen LogP contribution in [-0.2, 0) is 11.8 Å². The maximum absolute atomic E-state index is 2.60. The third-order valence-corrected chi connectivity index (χ3v) is 7.60. The molecule has 2 aromatic rings. The first-order valence-electron chi connectivity index (χ1n) is 10.8. The largest absolute Gasteiger partial charge is 0.0727 e. The van der Waals surface area contributed by atoms with E-state index in [0.29, 0.717) is 5.92 Å². The van der Waals surface area contributed by atoms with Crippen LogP contribution >= 0.6 is 0 Å². The average molecular weight is 369 g/mol. The highest BCUT2D eigenvalue weighted by atomic mass is 14.6. The van der Waals surface area contributed by atoms with E-state index in [1.165, 1.54) is 28.7 Å². The smallest absolute Gasteiger partial charge is 0.00861 e. The zero-order valence-electron chi connectivity index (χ0n) is 18.2. The maximum atomic E-state index is 2.60. The van der Waals surface area contributed by atoms with Crippen molar-refractivity contribution in [2.75, 3.05) is 0 Å². The molecule has 0 bridgehead atoms. The molecular weight excluding hydrogens is 336 g/mol. The molecule has 1 saturated carbocycles. The van der Waals surface area contributed by atoms with Crippen molar-refractivity contribution in [2.24, 2.45) is 16.7 Å². The van der Waals surface area contributed by atoms with Crippen LogP contribution in [0.4, 0.5) is 0 Å². The van der Waals surface area contributed by atoms with E-state index in [4.69, 9.17) is 0 Å². The fraction of sp³-hybridized carbons (Fsp3) is 0.429. The van der Waals surface area contributed by atoms with E-state index in [9.17, 15) is 0 Å². The predicted octanol–water partition coefficient (Wildman–Crippen LogP) is 7.47. The lowest BCUT2D eigenvalue weighted by atomic mass is 9.70. The van der Waals surface area contributed by atoms with Crippen LogP contribution in [0, 0.1) is 16.7 Å². The van der Waals surface area contributed by atoms with Gasteiger partial charge in [0.05, 0.1) is 0 Å². The van der Waals surface area contributed by atoms with E-state index in [1.54, 1.807) is 16.7 Å². The third kappa shape index (κ3) is 2.36. The van der Waals surface area contributed by atoms with E-state index in [2.05, 4.69) is 96.2 Å². The molecule has 0 N–H and O–H groups in total. The standard InChI is InChI=1S/C28H32/c1-26(2,3)19-15-24-25(16-19)28(6,17-27(24,4)5)23-13-9-12-21-20-11-8-7-10-18(20)14-22(21)23/h7-13,15-16,25H,14,17H2,1-6H3. The Bertz CT molecular complexity index is 1040. The molecule has 0 heteroatoms. The summed E-state index contributed by atoms with van der Waals surface area (Å²) in [6.07, 6.45) is 7.44. The number of hydrogen-bond acceptors (Lipinski definition) is 0. The number of benzene rings is 2. The lowest BCUT2D eigenvalue weighted by Gasteiger charge is -2.33. The van der Waals surface area contributed by atoms with E-state index < -0.39 is 0 Å². The second-order valence-corrected chi connectivity index (χ2v) is 11.1.